The molecule has 0 aliphatic carbocycles. The van der Waals surface area contributed by atoms with Crippen LogP contribution in [0.2, 0.25) is 0 Å². The molecule has 2 amide bonds. The maximum atomic E-state index is 12.3. The van der Waals surface area contributed by atoms with Crippen molar-refractivity contribution in [2.75, 3.05) is 13.6 Å². The van der Waals surface area contributed by atoms with Gasteiger partial charge in [-0.15, -0.1) is 11.3 Å². The van der Waals surface area contributed by atoms with Crippen molar-refractivity contribution in [3.05, 3.63) is 65.2 Å². The number of hydrogen-bond donors (Lipinski definition) is 1. The molecule has 0 aliphatic rings. The second-order valence-electron chi connectivity index (χ2n) is 6.09. The molecule has 0 spiro atoms. The maximum absolute atomic E-state index is 12.3. The molecule has 3 aromatic rings. The second kappa shape index (κ2) is 8.58. The van der Waals surface area contributed by atoms with Crippen molar-refractivity contribution in [3.63, 3.8) is 0 Å². The Morgan fingerprint density at radius 3 is 2.58 bits per heavy atom. The fourth-order valence-corrected chi connectivity index (χ4v) is 3.64. The summed E-state index contributed by atoms with van der Waals surface area (Å²) in [5.41, 5.74) is 1.92. The second-order valence-corrected chi connectivity index (χ2v) is 7.20. The summed E-state index contributed by atoms with van der Waals surface area (Å²) in [6.07, 6.45) is 0.610. The highest BCUT2D eigenvalue weighted by Gasteiger charge is 2.12. The smallest absolute Gasteiger partial charge is 0.224 e. The first-order chi connectivity index (χ1) is 12.6. The average molecular weight is 367 g/mol. The lowest BCUT2D eigenvalue weighted by molar-refractivity contribution is -0.130. The number of carbonyl (C=O) groups is 2. The fraction of sp³-hybridized carbons (Fsp3) is 0.250. The molecule has 6 heteroatoms. The summed E-state index contributed by atoms with van der Waals surface area (Å²) in [6.45, 7) is 0.824. The van der Waals surface area contributed by atoms with E-state index >= 15 is 0 Å². The van der Waals surface area contributed by atoms with Gasteiger partial charge in [0.2, 0.25) is 11.8 Å². The van der Waals surface area contributed by atoms with E-state index in [1.807, 2.05) is 54.6 Å². The third-order valence-corrected chi connectivity index (χ3v) is 5.03. The van der Waals surface area contributed by atoms with Gasteiger partial charge in [0.05, 0.1) is 23.2 Å². The van der Waals surface area contributed by atoms with Gasteiger partial charge in [0.25, 0.3) is 0 Å². The first-order valence-electron chi connectivity index (χ1n) is 8.51. The van der Waals surface area contributed by atoms with E-state index in [1.165, 1.54) is 0 Å². The Bertz CT molecular complexity index is 859. The minimum Gasteiger partial charge on any atom is -0.355 e. The van der Waals surface area contributed by atoms with E-state index in [0.717, 1.165) is 20.8 Å². The summed E-state index contributed by atoms with van der Waals surface area (Å²) in [4.78, 5) is 30.4. The van der Waals surface area contributed by atoms with E-state index in [4.69, 9.17) is 0 Å². The highest BCUT2D eigenvalue weighted by molar-refractivity contribution is 7.18. The number of fused-ring (bicyclic) bond motifs is 1. The molecule has 2 aromatic carbocycles. The van der Waals surface area contributed by atoms with Crippen LogP contribution >= 0.6 is 11.3 Å². The average Bonchev–Trinajstić information content (AvgIpc) is 3.04. The van der Waals surface area contributed by atoms with E-state index in [-0.39, 0.29) is 18.2 Å². The van der Waals surface area contributed by atoms with Crippen LogP contribution in [0.4, 0.5) is 0 Å². The molecular weight excluding hydrogens is 346 g/mol. The van der Waals surface area contributed by atoms with Crippen LogP contribution in [0.5, 0.6) is 0 Å². The van der Waals surface area contributed by atoms with E-state index in [0.29, 0.717) is 19.5 Å². The quantitative estimate of drug-likeness (QED) is 0.698. The minimum absolute atomic E-state index is 0.00994. The molecule has 0 bridgehead atoms. The van der Waals surface area contributed by atoms with Gasteiger partial charge < -0.3 is 10.2 Å². The van der Waals surface area contributed by atoms with Crippen LogP contribution in [0.3, 0.4) is 0 Å². The van der Waals surface area contributed by atoms with Crippen molar-refractivity contribution in [1.82, 2.24) is 15.2 Å². The van der Waals surface area contributed by atoms with Crippen molar-refractivity contribution in [2.45, 2.75) is 19.4 Å². The van der Waals surface area contributed by atoms with Crippen LogP contribution in [-0.4, -0.2) is 35.3 Å². The van der Waals surface area contributed by atoms with Crippen LogP contribution in [0.1, 0.15) is 17.0 Å². The summed E-state index contributed by atoms with van der Waals surface area (Å²) >= 11 is 1.60. The standard InChI is InChI=1S/C20H21N3O2S/c1-23(14-19-22-16-9-5-6-10-17(16)26-19)20(25)11-12-21-18(24)13-15-7-3-2-4-8-15/h2-10H,11-14H2,1H3,(H,21,24). The Balaban J connectivity index is 1.43. The number of benzene rings is 2. The zero-order valence-corrected chi connectivity index (χ0v) is 15.5. The summed E-state index contributed by atoms with van der Waals surface area (Å²) in [5.74, 6) is -0.0814. The normalized spacial score (nSPS) is 10.7. The monoisotopic (exact) mass is 367 g/mol. The van der Waals surface area contributed by atoms with Crippen molar-refractivity contribution < 1.29 is 9.59 Å². The molecule has 1 N–H and O–H groups in total. The van der Waals surface area contributed by atoms with Gasteiger partial charge in [0, 0.05) is 20.0 Å². The Kier molecular flexibility index (Phi) is 5.96. The third kappa shape index (κ3) is 4.89. The van der Waals surface area contributed by atoms with Gasteiger partial charge in [-0.25, -0.2) is 4.98 Å². The summed E-state index contributed by atoms with van der Waals surface area (Å²) in [5, 5.41) is 3.72. The van der Waals surface area contributed by atoms with Crippen molar-refractivity contribution in [3.8, 4) is 0 Å². The van der Waals surface area contributed by atoms with Crippen LogP contribution in [-0.2, 0) is 22.6 Å². The first-order valence-corrected chi connectivity index (χ1v) is 9.32. The van der Waals surface area contributed by atoms with Crippen LogP contribution in [0.15, 0.2) is 54.6 Å². The molecular formula is C20H21N3O2S. The number of hydrogen-bond acceptors (Lipinski definition) is 4. The van der Waals surface area contributed by atoms with Crippen molar-refractivity contribution in [1.29, 1.82) is 0 Å². The van der Waals surface area contributed by atoms with Gasteiger partial charge >= 0.3 is 0 Å². The summed E-state index contributed by atoms with van der Waals surface area (Å²) < 4.78 is 1.12. The maximum Gasteiger partial charge on any atom is 0.224 e. The molecule has 0 fully saturated rings. The molecule has 134 valence electrons. The highest BCUT2D eigenvalue weighted by Crippen LogP contribution is 2.22. The third-order valence-electron chi connectivity index (χ3n) is 4.00. The predicted molar refractivity (Wildman–Crippen MR) is 104 cm³/mol. The lowest BCUT2D eigenvalue weighted by atomic mass is 10.1. The predicted octanol–water partition coefficient (Wildman–Crippen LogP) is 3.00. The van der Waals surface area contributed by atoms with Crippen LogP contribution in [0.25, 0.3) is 10.2 Å². The lowest BCUT2D eigenvalue weighted by Crippen LogP contribution is -2.32. The molecule has 26 heavy (non-hydrogen) atoms. The number of thiazole rings is 1. The zero-order valence-electron chi connectivity index (χ0n) is 14.6. The van der Waals surface area contributed by atoms with Gasteiger partial charge in [-0.2, -0.15) is 0 Å². The Morgan fingerprint density at radius 1 is 1.08 bits per heavy atom. The Morgan fingerprint density at radius 2 is 1.81 bits per heavy atom. The summed E-state index contributed by atoms with van der Waals surface area (Å²) in [6, 6.07) is 17.5. The fourth-order valence-electron chi connectivity index (χ4n) is 2.62. The van der Waals surface area contributed by atoms with Crippen LogP contribution in [0, 0.1) is 0 Å². The van der Waals surface area contributed by atoms with Crippen LogP contribution < -0.4 is 5.32 Å². The molecule has 0 unspecified atom stereocenters. The highest BCUT2D eigenvalue weighted by atomic mass is 32.1. The van der Waals surface area contributed by atoms with E-state index < -0.39 is 0 Å². The van der Waals surface area contributed by atoms with Gasteiger partial charge in [0.1, 0.15) is 5.01 Å². The molecule has 0 radical (unpaired) electrons. The first kappa shape index (κ1) is 18.1. The number of rotatable bonds is 7. The van der Waals surface area contributed by atoms with Crippen molar-refractivity contribution >= 4 is 33.4 Å². The number of carbonyl (C=O) groups excluding carboxylic acids is 2. The molecule has 0 aliphatic heterocycles. The molecule has 1 aromatic heterocycles. The van der Waals surface area contributed by atoms with E-state index in [2.05, 4.69) is 10.3 Å². The molecule has 3 rings (SSSR count). The number of aromatic nitrogens is 1. The zero-order chi connectivity index (χ0) is 18.4. The molecule has 1 heterocycles. The van der Waals surface area contributed by atoms with Crippen molar-refractivity contribution in [2.24, 2.45) is 0 Å². The molecule has 0 saturated heterocycles. The Hall–Kier alpha value is -2.73. The number of nitrogens with zero attached hydrogens (tertiary/aromatic N) is 2. The minimum atomic E-state index is -0.0715. The molecule has 0 saturated carbocycles. The molecule has 5 nitrogen and oxygen atoms in total. The summed E-state index contributed by atoms with van der Waals surface area (Å²) in [7, 11) is 1.76. The van der Waals surface area contributed by atoms with Gasteiger partial charge in [-0.3, -0.25) is 9.59 Å². The Labute approximate surface area is 156 Å². The van der Waals surface area contributed by atoms with E-state index in [1.54, 1.807) is 23.3 Å². The molecule has 0 atom stereocenters. The van der Waals surface area contributed by atoms with Gasteiger partial charge in [-0.05, 0) is 17.7 Å². The van der Waals surface area contributed by atoms with Gasteiger partial charge in [0.15, 0.2) is 0 Å². The number of para-hydroxylation sites is 1. The number of amides is 2. The van der Waals surface area contributed by atoms with E-state index in [9.17, 15) is 9.59 Å². The topological polar surface area (TPSA) is 62.3 Å². The largest absolute Gasteiger partial charge is 0.355 e. The number of nitrogens with one attached hydrogen (secondary N) is 1. The SMILES string of the molecule is CN(Cc1nc2ccccc2s1)C(=O)CCNC(=O)Cc1ccccc1. The van der Waals surface area contributed by atoms with Gasteiger partial charge in [-0.1, -0.05) is 42.5 Å². The lowest BCUT2D eigenvalue weighted by Gasteiger charge is -2.15.